The first kappa shape index (κ1) is 27.2. The second-order valence-electron chi connectivity index (χ2n) is 9.74. The molecule has 9 nitrogen and oxygen atoms in total. The number of furan rings is 1. The van der Waals surface area contributed by atoms with E-state index in [1.54, 1.807) is 6.07 Å². The van der Waals surface area contributed by atoms with E-state index in [4.69, 9.17) is 10.2 Å². The van der Waals surface area contributed by atoms with E-state index in [1.807, 2.05) is 6.07 Å². The number of hydrogen-bond donors (Lipinski definition) is 3. The predicted molar refractivity (Wildman–Crippen MR) is 150 cm³/mol. The summed E-state index contributed by atoms with van der Waals surface area (Å²) in [7, 11) is -1.12. The summed E-state index contributed by atoms with van der Waals surface area (Å²) in [4.78, 5) is 24.6. The molecule has 1 amide bonds. The van der Waals surface area contributed by atoms with Gasteiger partial charge in [-0.15, -0.1) is 0 Å². The monoisotopic (exact) mass is 565 g/mol. The number of esters is 1. The molecule has 208 valence electrons. The van der Waals surface area contributed by atoms with Gasteiger partial charge in [-0.25, -0.2) is 12.8 Å². The molecule has 1 aliphatic carbocycles. The van der Waals surface area contributed by atoms with Crippen molar-refractivity contribution in [2.75, 3.05) is 24.6 Å². The summed E-state index contributed by atoms with van der Waals surface area (Å²) in [5.74, 6) is -1.19. The zero-order valence-electron chi connectivity index (χ0n) is 21.9. The van der Waals surface area contributed by atoms with Crippen LogP contribution in [-0.2, 0) is 31.7 Å². The van der Waals surface area contributed by atoms with Crippen LogP contribution in [0.15, 0.2) is 59.0 Å². The van der Waals surface area contributed by atoms with Crippen LogP contribution < -0.4 is 15.8 Å². The lowest BCUT2D eigenvalue weighted by Gasteiger charge is -2.13. The number of sulfonamides is 1. The molecule has 1 saturated carbocycles. The van der Waals surface area contributed by atoms with Crippen molar-refractivity contribution in [1.82, 2.24) is 5.32 Å². The Morgan fingerprint density at radius 1 is 1.07 bits per heavy atom. The molecule has 0 radical (unpaired) electrons. The van der Waals surface area contributed by atoms with Crippen LogP contribution in [0.5, 0.6) is 0 Å². The van der Waals surface area contributed by atoms with Crippen molar-refractivity contribution in [3.63, 3.8) is 0 Å². The van der Waals surface area contributed by atoms with Gasteiger partial charge in [-0.1, -0.05) is 0 Å². The number of amides is 1. The average Bonchev–Trinajstić information content (AvgIpc) is 3.70. The molecule has 5 rings (SSSR count). The molecule has 0 atom stereocenters. The van der Waals surface area contributed by atoms with Crippen LogP contribution in [0.4, 0.5) is 15.8 Å². The van der Waals surface area contributed by atoms with Crippen molar-refractivity contribution in [2.45, 2.75) is 30.9 Å². The Hall–Kier alpha value is -4.38. The largest absolute Gasteiger partial charge is 0.469 e. The van der Waals surface area contributed by atoms with Crippen LogP contribution in [0.3, 0.4) is 0 Å². The Bertz CT molecular complexity index is 1730. The summed E-state index contributed by atoms with van der Waals surface area (Å²) in [6, 6.07) is 13.7. The molecule has 0 spiro atoms. The summed E-state index contributed by atoms with van der Waals surface area (Å²) in [5.41, 5.74) is 9.55. The van der Waals surface area contributed by atoms with Crippen molar-refractivity contribution in [1.29, 1.82) is 0 Å². The molecule has 4 aromatic rings. The van der Waals surface area contributed by atoms with Crippen LogP contribution in [0, 0.1) is 5.82 Å². The molecule has 40 heavy (non-hydrogen) atoms. The fraction of sp³-hybridized carbons (Fsp3) is 0.241. The molecule has 1 fully saturated rings. The summed E-state index contributed by atoms with van der Waals surface area (Å²) in [6.07, 6.45) is 1.71. The van der Waals surface area contributed by atoms with Crippen molar-refractivity contribution in [3.8, 4) is 11.3 Å². The number of nitrogens with two attached hydrogens (primary N) is 1. The number of rotatable bonds is 9. The molecule has 1 heterocycles. The van der Waals surface area contributed by atoms with Gasteiger partial charge in [-0.2, -0.15) is 0 Å². The molecule has 0 unspecified atom stereocenters. The maximum atomic E-state index is 13.6. The van der Waals surface area contributed by atoms with E-state index in [0.29, 0.717) is 38.9 Å². The number of fused-ring (bicyclic) bond motifs is 1. The fourth-order valence-electron chi connectivity index (χ4n) is 4.73. The highest BCUT2D eigenvalue weighted by molar-refractivity contribution is 7.91. The molecular weight excluding hydrogens is 537 g/mol. The molecular formula is C29H28FN3O6S. The van der Waals surface area contributed by atoms with E-state index >= 15 is 0 Å². The van der Waals surface area contributed by atoms with Crippen LogP contribution >= 0.6 is 0 Å². The number of carbonyl (C=O) groups excluding carboxylic acids is 2. The van der Waals surface area contributed by atoms with Gasteiger partial charge in [-0.3, -0.25) is 14.3 Å². The number of halogens is 1. The molecule has 3 aromatic carbocycles. The summed E-state index contributed by atoms with van der Waals surface area (Å²) < 4.78 is 53.5. The molecule has 0 bridgehead atoms. The highest BCUT2D eigenvalue weighted by atomic mass is 32.2. The third kappa shape index (κ3) is 5.64. The number of anilines is 2. The number of methoxy groups -OCH3 is 1. The minimum Gasteiger partial charge on any atom is -0.469 e. The number of nitrogens with one attached hydrogen (secondary N) is 2. The van der Waals surface area contributed by atoms with Crippen LogP contribution in [-0.4, -0.2) is 34.5 Å². The summed E-state index contributed by atoms with van der Waals surface area (Å²) in [6.45, 7) is 0. The summed E-state index contributed by atoms with van der Waals surface area (Å²) >= 11 is 0. The first-order valence-corrected chi connectivity index (χ1v) is 14.3. The fourth-order valence-corrected chi connectivity index (χ4v) is 5.94. The van der Waals surface area contributed by atoms with Gasteiger partial charge in [0.2, 0.25) is 10.0 Å². The Labute approximate surface area is 230 Å². The zero-order chi connectivity index (χ0) is 28.6. The van der Waals surface area contributed by atoms with Crippen LogP contribution in [0.2, 0.25) is 0 Å². The number of carbonyl (C=O) groups is 2. The Morgan fingerprint density at radius 3 is 2.45 bits per heavy atom. The van der Waals surface area contributed by atoms with Crippen molar-refractivity contribution in [3.05, 3.63) is 82.7 Å². The van der Waals surface area contributed by atoms with E-state index in [-0.39, 0.29) is 35.4 Å². The van der Waals surface area contributed by atoms with Gasteiger partial charge in [-0.05, 0) is 90.0 Å². The van der Waals surface area contributed by atoms with Crippen LogP contribution in [0.1, 0.15) is 45.8 Å². The summed E-state index contributed by atoms with van der Waals surface area (Å²) in [5, 5.41) is 3.19. The van der Waals surface area contributed by atoms with Gasteiger partial charge in [0.15, 0.2) is 0 Å². The van der Waals surface area contributed by atoms with Gasteiger partial charge < -0.3 is 20.2 Å². The smallest absolute Gasteiger partial charge is 0.310 e. The highest BCUT2D eigenvalue weighted by Gasteiger charge is 2.31. The first-order valence-electron chi connectivity index (χ1n) is 12.6. The minimum atomic E-state index is -3.90. The van der Waals surface area contributed by atoms with E-state index in [2.05, 4.69) is 14.8 Å². The molecule has 11 heteroatoms. The van der Waals surface area contributed by atoms with Gasteiger partial charge in [0, 0.05) is 29.4 Å². The quantitative estimate of drug-likeness (QED) is 0.197. The third-order valence-electron chi connectivity index (χ3n) is 6.85. The molecule has 4 N–H and O–H groups in total. The minimum absolute atomic E-state index is 0.0943. The average molecular weight is 566 g/mol. The SMILES string of the molecule is CNC(=O)c1c(-c2ccc(F)cc2)oc2cc(CS(=O)(=O)Nc3ccc(N)c(CC(=O)OC)c3)c(C3CC3)cc12. The van der Waals surface area contributed by atoms with Crippen molar-refractivity contribution in [2.24, 2.45) is 0 Å². The molecule has 1 aromatic heterocycles. The second-order valence-corrected chi connectivity index (χ2v) is 11.5. The number of ether oxygens (including phenoxy) is 1. The lowest BCUT2D eigenvalue weighted by atomic mass is 9.98. The molecule has 0 aliphatic heterocycles. The topological polar surface area (TPSA) is 141 Å². The van der Waals surface area contributed by atoms with E-state index in [0.717, 1.165) is 18.4 Å². The maximum absolute atomic E-state index is 13.6. The maximum Gasteiger partial charge on any atom is 0.310 e. The lowest BCUT2D eigenvalue weighted by Crippen LogP contribution is -2.18. The third-order valence-corrected chi connectivity index (χ3v) is 8.09. The molecule has 1 aliphatic rings. The Morgan fingerprint density at radius 2 is 1.80 bits per heavy atom. The van der Waals surface area contributed by atoms with E-state index < -0.39 is 21.8 Å². The van der Waals surface area contributed by atoms with Crippen molar-refractivity contribution >= 4 is 44.2 Å². The van der Waals surface area contributed by atoms with Crippen LogP contribution in [0.25, 0.3) is 22.3 Å². The normalized spacial score (nSPS) is 13.3. The highest BCUT2D eigenvalue weighted by Crippen LogP contribution is 2.45. The number of nitrogen functional groups attached to an aromatic ring is 1. The van der Waals surface area contributed by atoms with Gasteiger partial charge in [0.05, 0.1) is 24.8 Å². The van der Waals surface area contributed by atoms with Gasteiger partial charge >= 0.3 is 5.97 Å². The predicted octanol–water partition coefficient (Wildman–Crippen LogP) is 4.72. The zero-order valence-corrected chi connectivity index (χ0v) is 22.7. The standard InChI is InChI=1S/C29H28FN3O6S/c1-32-29(35)27-23-14-22(16-3-4-16)19(12-25(23)39-28(27)17-5-7-20(30)8-6-17)15-40(36,37)33-21-9-10-24(31)18(11-21)13-26(34)38-2/h5-12,14,16,33H,3-4,13,15,31H2,1-2H3,(H,32,35). The second kappa shape index (κ2) is 10.6. The lowest BCUT2D eigenvalue weighted by molar-refractivity contribution is -0.139. The van der Waals surface area contributed by atoms with E-state index in [1.165, 1.54) is 56.6 Å². The molecule has 0 saturated heterocycles. The Kier molecular flexibility index (Phi) is 7.24. The number of benzene rings is 3. The van der Waals surface area contributed by atoms with Gasteiger partial charge in [0.1, 0.15) is 17.2 Å². The van der Waals surface area contributed by atoms with Crippen molar-refractivity contribution < 1.29 is 31.6 Å². The first-order chi connectivity index (χ1) is 19.1. The van der Waals surface area contributed by atoms with Gasteiger partial charge in [0.25, 0.3) is 5.91 Å². The van der Waals surface area contributed by atoms with E-state index in [9.17, 15) is 22.4 Å². The number of hydrogen-bond acceptors (Lipinski definition) is 7. The Balaban J connectivity index is 1.53.